The first-order valence-corrected chi connectivity index (χ1v) is 9.23. The summed E-state index contributed by atoms with van der Waals surface area (Å²) in [5.74, 6) is 0.216. The molecule has 5 heteroatoms. The normalized spacial score (nSPS) is 16.0. The Hall–Kier alpha value is -2.14. The Balaban J connectivity index is 1.52. The van der Waals surface area contributed by atoms with Crippen molar-refractivity contribution in [1.82, 2.24) is 9.80 Å². The minimum absolute atomic E-state index is 0.0356. The van der Waals surface area contributed by atoms with Crippen LogP contribution in [0.2, 0.25) is 0 Å². The van der Waals surface area contributed by atoms with Crippen molar-refractivity contribution in [2.24, 2.45) is 5.92 Å². The number of nitrogens with zero attached hydrogens (tertiary/aromatic N) is 2. The Labute approximate surface area is 146 Å². The van der Waals surface area contributed by atoms with Crippen molar-refractivity contribution in [3.63, 3.8) is 0 Å². The smallest absolute Gasteiger partial charge is 0.254 e. The van der Waals surface area contributed by atoms with E-state index in [1.165, 1.54) is 16.9 Å². The van der Waals surface area contributed by atoms with Crippen molar-refractivity contribution in [1.29, 1.82) is 0 Å². The third kappa shape index (κ3) is 3.85. The molecule has 1 aromatic heterocycles. The van der Waals surface area contributed by atoms with Crippen LogP contribution in [-0.4, -0.2) is 47.8 Å². The summed E-state index contributed by atoms with van der Waals surface area (Å²) in [5, 5.41) is 3.79. The molecule has 1 aliphatic heterocycles. The van der Waals surface area contributed by atoms with Gasteiger partial charge in [-0.3, -0.25) is 9.59 Å². The maximum atomic E-state index is 12.6. The SMILES string of the molecule is C[C@@H](Cc1ccccc1)C(=O)N1CCN(C(=O)c2ccsc2)CC1. The van der Waals surface area contributed by atoms with E-state index in [-0.39, 0.29) is 17.7 Å². The number of carbonyl (C=O) groups excluding carboxylic acids is 2. The fraction of sp³-hybridized carbons (Fsp3) is 0.368. The van der Waals surface area contributed by atoms with Crippen LogP contribution >= 0.6 is 11.3 Å². The van der Waals surface area contributed by atoms with Crippen LogP contribution < -0.4 is 0 Å². The van der Waals surface area contributed by atoms with Gasteiger partial charge in [-0.1, -0.05) is 37.3 Å². The molecule has 24 heavy (non-hydrogen) atoms. The number of hydrogen-bond donors (Lipinski definition) is 0. The van der Waals surface area contributed by atoms with Gasteiger partial charge in [-0.25, -0.2) is 0 Å². The lowest BCUT2D eigenvalue weighted by molar-refractivity contribution is -0.136. The van der Waals surface area contributed by atoms with Crippen molar-refractivity contribution in [3.05, 3.63) is 58.3 Å². The largest absolute Gasteiger partial charge is 0.339 e. The predicted octanol–water partition coefficient (Wildman–Crippen LogP) is 2.91. The van der Waals surface area contributed by atoms with Crippen LogP contribution in [0.5, 0.6) is 0 Å². The lowest BCUT2D eigenvalue weighted by Crippen LogP contribution is -2.51. The molecule has 1 atom stereocenters. The zero-order valence-corrected chi connectivity index (χ0v) is 14.7. The molecule has 1 fully saturated rings. The average Bonchev–Trinajstić information content (AvgIpc) is 3.16. The van der Waals surface area contributed by atoms with Crippen molar-refractivity contribution in [2.45, 2.75) is 13.3 Å². The van der Waals surface area contributed by atoms with Crippen LogP contribution in [0, 0.1) is 5.92 Å². The monoisotopic (exact) mass is 342 g/mol. The molecule has 1 aromatic carbocycles. The summed E-state index contributed by atoms with van der Waals surface area (Å²) in [7, 11) is 0. The molecule has 2 heterocycles. The van der Waals surface area contributed by atoms with E-state index in [9.17, 15) is 9.59 Å². The molecule has 0 N–H and O–H groups in total. The summed E-state index contributed by atoms with van der Waals surface area (Å²) in [6.45, 7) is 4.44. The highest BCUT2D eigenvalue weighted by atomic mass is 32.1. The summed E-state index contributed by atoms with van der Waals surface area (Å²) in [6.07, 6.45) is 0.758. The first-order chi connectivity index (χ1) is 11.6. The second-order valence-corrected chi connectivity index (χ2v) is 7.00. The van der Waals surface area contributed by atoms with E-state index in [0.29, 0.717) is 26.2 Å². The number of piperazine rings is 1. The molecular formula is C19H22N2O2S. The zero-order valence-electron chi connectivity index (χ0n) is 13.9. The second-order valence-electron chi connectivity index (χ2n) is 6.22. The summed E-state index contributed by atoms with van der Waals surface area (Å²) in [5.41, 5.74) is 1.93. The number of hydrogen-bond acceptors (Lipinski definition) is 3. The minimum Gasteiger partial charge on any atom is -0.339 e. The van der Waals surface area contributed by atoms with E-state index < -0.39 is 0 Å². The molecule has 0 aliphatic carbocycles. The number of rotatable bonds is 4. The molecule has 0 spiro atoms. The van der Waals surface area contributed by atoms with Gasteiger partial charge in [0.1, 0.15) is 0 Å². The molecule has 2 amide bonds. The van der Waals surface area contributed by atoms with Crippen LogP contribution in [0.4, 0.5) is 0 Å². The van der Waals surface area contributed by atoms with Gasteiger partial charge in [0.15, 0.2) is 0 Å². The highest BCUT2D eigenvalue weighted by Crippen LogP contribution is 2.15. The predicted molar refractivity (Wildman–Crippen MR) is 96.1 cm³/mol. The molecule has 4 nitrogen and oxygen atoms in total. The van der Waals surface area contributed by atoms with E-state index in [2.05, 4.69) is 12.1 Å². The van der Waals surface area contributed by atoms with Crippen LogP contribution in [0.1, 0.15) is 22.8 Å². The summed E-state index contributed by atoms with van der Waals surface area (Å²) >= 11 is 1.53. The van der Waals surface area contributed by atoms with Crippen molar-refractivity contribution < 1.29 is 9.59 Å². The molecule has 2 aromatic rings. The van der Waals surface area contributed by atoms with E-state index >= 15 is 0 Å². The van der Waals surface area contributed by atoms with Gasteiger partial charge in [-0.05, 0) is 23.4 Å². The van der Waals surface area contributed by atoms with Crippen LogP contribution in [0.3, 0.4) is 0 Å². The maximum absolute atomic E-state index is 12.6. The van der Waals surface area contributed by atoms with E-state index in [4.69, 9.17) is 0 Å². The highest BCUT2D eigenvalue weighted by molar-refractivity contribution is 7.08. The third-order valence-electron chi connectivity index (χ3n) is 4.45. The van der Waals surface area contributed by atoms with Crippen molar-refractivity contribution in [2.75, 3.05) is 26.2 Å². The first kappa shape index (κ1) is 16.7. The molecule has 0 radical (unpaired) electrons. The molecular weight excluding hydrogens is 320 g/mol. The average molecular weight is 342 g/mol. The van der Waals surface area contributed by atoms with Gasteiger partial charge in [0, 0.05) is 37.5 Å². The van der Waals surface area contributed by atoms with Gasteiger partial charge < -0.3 is 9.80 Å². The highest BCUT2D eigenvalue weighted by Gasteiger charge is 2.27. The van der Waals surface area contributed by atoms with Crippen LogP contribution in [0.25, 0.3) is 0 Å². The van der Waals surface area contributed by atoms with Crippen LogP contribution in [-0.2, 0) is 11.2 Å². The molecule has 0 bridgehead atoms. The van der Waals surface area contributed by atoms with E-state index in [1.807, 2.05) is 51.7 Å². The van der Waals surface area contributed by atoms with Gasteiger partial charge in [0.2, 0.25) is 5.91 Å². The van der Waals surface area contributed by atoms with Crippen molar-refractivity contribution >= 4 is 23.2 Å². The summed E-state index contributed by atoms with van der Waals surface area (Å²) < 4.78 is 0. The van der Waals surface area contributed by atoms with Gasteiger partial charge in [0.05, 0.1) is 5.56 Å². The van der Waals surface area contributed by atoms with Gasteiger partial charge in [-0.15, -0.1) is 0 Å². The minimum atomic E-state index is -0.0356. The lowest BCUT2D eigenvalue weighted by atomic mass is 9.99. The summed E-state index contributed by atoms with van der Waals surface area (Å²) in [6, 6.07) is 12.0. The van der Waals surface area contributed by atoms with Gasteiger partial charge in [-0.2, -0.15) is 11.3 Å². The number of amides is 2. The molecule has 3 rings (SSSR count). The molecule has 0 unspecified atom stereocenters. The Morgan fingerprint density at radius 2 is 1.71 bits per heavy atom. The third-order valence-corrected chi connectivity index (χ3v) is 5.14. The van der Waals surface area contributed by atoms with E-state index in [1.54, 1.807) is 0 Å². The first-order valence-electron chi connectivity index (χ1n) is 8.29. The Morgan fingerprint density at radius 1 is 1.04 bits per heavy atom. The molecule has 0 saturated carbocycles. The topological polar surface area (TPSA) is 40.6 Å². The number of carbonyl (C=O) groups is 2. The van der Waals surface area contributed by atoms with Crippen molar-refractivity contribution in [3.8, 4) is 0 Å². The molecule has 126 valence electrons. The van der Waals surface area contributed by atoms with Crippen LogP contribution in [0.15, 0.2) is 47.2 Å². The van der Waals surface area contributed by atoms with Gasteiger partial charge in [0.25, 0.3) is 5.91 Å². The quantitative estimate of drug-likeness (QED) is 0.857. The Bertz CT molecular complexity index is 677. The van der Waals surface area contributed by atoms with Gasteiger partial charge >= 0.3 is 0 Å². The fourth-order valence-corrected chi connectivity index (χ4v) is 3.70. The summed E-state index contributed by atoms with van der Waals surface area (Å²) in [4.78, 5) is 28.7. The van der Waals surface area contributed by atoms with E-state index in [0.717, 1.165) is 12.0 Å². The zero-order chi connectivity index (χ0) is 16.9. The number of thiophene rings is 1. The molecule has 1 aliphatic rings. The Kier molecular flexibility index (Phi) is 5.30. The maximum Gasteiger partial charge on any atom is 0.254 e. The lowest BCUT2D eigenvalue weighted by Gasteiger charge is -2.36. The Morgan fingerprint density at radius 3 is 2.33 bits per heavy atom. The second kappa shape index (κ2) is 7.62. The molecule has 1 saturated heterocycles. The number of benzene rings is 1. The fourth-order valence-electron chi connectivity index (χ4n) is 3.07. The standard InChI is InChI=1S/C19H22N2O2S/c1-15(13-16-5-3-2-4-6-16)18(22)20-8-10-21(11-9-20)19(23)17-7-12-24-14-17/h2-7,12,14-15H,8-11,13H2,1H3/t15-/m0/s1.